The van der Waals surface area contributed by atoms with Crippen LogP contribution in [0.2, 0.25) is 0 Å². The fourth-order valence-electron chi connectivity index (χ4n) is 3.90. The Bertz CT molecular complexity index is 1240. The van der Waals surface area contributed by atoms with Gasteiger partial charge in [-0.15, -0.1) is 13.0 Å². The number of aliphatic imine (C=N–C) groups is 1. The van der Waals surface area contributed by atoms with E-state index in [9.17, 15) is 0 Å². The molecule has 0 heterocycles. The first-order valence-corrected chi connectivity index (χ1v) is 13.9. The SMILES string of the molecule is C#C/C(C)=C(/N=C(\C)C(=C)NCC1=CC(CNC2=CC(=C)C2(C)C)=C(C)C=CC1)N(C)C(C)C(=C)C.C=C(C)C. The molecule has 0 aromatic rings. The number of likely N-dealkylation sites (N-methyl/N-ethyl adjacent to an activating group) is 1. The summed E-state index contributed by atoms with van der Waals surface area (Å²) in [6, 6.07) is 0.116. The van der Waals surface area contributed by atoms with Crippen LogP contribution in [0.4, 0.5) is 0 Å². The second kappa shape index (κ2) is 15.2. The fraction of sp³-hybridized carbons (Fsp3) is 0.417. The van der Waals surface area contributed by atoms with Crippen molar-refractivity contribution < 1.29 is 0 Å². The summed E-state index contributed by atoms with van der Waals surface area (Å²) in [5.74, 6) is 3.49. The molecule has 4 nitrogen and oxygen atoms in total. The number of terminal acetylenes is 1. The normalized spacial score (nSPS) is 17.4. The highest BCUT2D eigenvalue weighted by Crippen LogP contribution is 2.42. The van der Waals surface area contributed by atoms with Crippen LogP contribution in [0, 0.1) is 17.8 Å². The van der Waals surface area contributed by atoms with Gasteiger partial charge in [0.15, 0.2) is 0 Å². The predicted molar refractivity (Wildman–Crippen MR) is 178 cm³/mol. The van der Waals surface area contributed by atoms with Crippen molar-refractivity contribution in [2.75, 3.05) is 20.1 Å². The highest BCUT2D eigenvalue weighted by Gasteiger charge is 2.33. The molecule has 0 saturated carbocycles. The van der Waals surface area contributed by atoms with Gasteiger partial charge in [0, 0.05) is 48.6 Å². The van der Waals surface area contributed by atoms with Crippen molar-refractivity contribution in [3.8, 4) is 12.3 Å². The molecule has 0 amide bonds. The third kappa shape index (κ3) is 9.79. The van der Waals surface area contributed by atoms with Crippen LogP contribution in [0.15, 0.2) is 112 Å². The molecular weight excluding hydrogens is 488 g/mol. The lowest BCUT2D eigenvalue weighted by molar-refractivity contribution is 0.354. The first-order chi connectivity index (χ1) is 18.5. The van der Waals surface area contributed by atoms with Gasteiger partial charge in [0.25, 0.3) is 0 Å². The molecular formula is C36H52N4. The van der Waals surface area contributed by atoms with Gasteiger partial charge in [0.2, 0.25) is 0 Å². The minimum atomic E-state index is 0.0268. The highest BCUT2D eigenvalue weighted by molar-refractivity contribution is 5.97. The van der Waals surface area contributed by atoms with Gasteiger partial charge in [0.05, 0.1) is 5.71 Å². The topological polar surface area (TPSA) is 39.7 Å². The Labute approximate surface area is 245 Å². The molecule has 0 radical (unpaired) electrons. The summed E-state index contributed by atoms with van der Waals surface area (Å²) < 4.78 is 0. The van der Waals surface area contributed by atoms with Crippen LogP contribution >= 0.6 is 0 Å². The molecule has 40 heavy (non-hydrogen) atoms. The Morgan fingerprint density at radius 3 is 2.23 bits per heavy atom. The van der Waals surface area contributed by atoms with E-state index in [1.165, 1.54) is 33.6 Å². The quantitative estimate of drug-likeness (QED) is 0.158. The van der Waals surface area contributed by atoms with E-state index in [1.807, 2.05) is 41.7 Å². The molecule has 0 saturated heterocycles. The van der Waals surface area contributed by atoms with Crippen LogP contribution in [0.3, 0.4) is 0 Å². The fourth-order valence-corrected chi connectivity index (χ4v) is 3.90. The van der Waals surface area contributed by atoms with Gasteiger partial charge in [-0.2, -0.15) is 0 Å². The summed E-state index contributed by atoms with van der Waals surface area (Å²) in [7, 11) is 1.99. The Kier molecular flexibility index (Phi) is 13.0. The molecule has 0 aromatic heterocycles. The van der Waals surface area contributed by atoms with Crippen LogP contribution in [-0.4, -0.2) is 36.8 Å². The van der Waals surface area contributed by atoms with E-state index >= 15 is 0 Å². The molecule has 0 spiro atoms. The minimum Gasteiger partial charge on any atom is -0.384 e. The summed E-state index contributed by atoms with van der Waals surface area (Å²) in [5, 5.41) is 7.08. The Hall–Kier alpha value is -3.71. The second-order valence-corrected chi connectivity index (χ2v) is 11.6. The lowest BCUT2D eigenvalue weighted by Crippen LogP contribution is -2.35. The largest absolute Gasteiger partial charge is 0.384 e. The predicted octanol–water partition coefficient (Wildman–Crippen LogP) is 8.17. The zero-order valence-electron chi connectivity index (χ0n) is 26.8. The molecule has 2 aliphatic rings. The van der Waals surface area contributed by atoms with Crippen LogP contribution in [0.25, 0.3) is 0 Å². The standard InChI is InChI=1S/C32H44N4.C4H8/c1-13-22(4)31(36(12)27(9)21(2)3)35-26(8)25(7)33-19-28-16-14-15-23(5)29(18-28)20-34-30-17-24(6)32(30,10)11;1-4(2)3/h1,14-15,17-18,27,33-34H,2,6-7,16,19-20H2,3-5,8-12H3;1H2,2-3H3/b31-22-,35-26+;. The van der Waals surface area contributed by atoms with Crippen LogP contribution < -0.4 is 10.6 Å². The maximum atomic E-state index is 5.72. The Balaban J connectivity index is 0.00000187. The van der Waals surface area contributed by atoms with Crippen molar-refractivity contribution in [3.05, 3.63) is 107 Å². The number of nitrogens with zero attached hydrogens (tertiary/aromatic N) is 2. The smallest absolute Gasteiger partial charge is 0.140 e. The van der Waals surface area contributed by atoms with Gasteiger partial charge in [-0.3, -0.25) is 0 Å². The van der Waals surface area contributed by atoms with E-state index in [0.29, 0.717) is 6.54 Å². The van der Waals surface area contributed by atoms with E-state index in [4.69, 9.17) is 11.4 Å². The molecule has 2 rings (SSSR count). The van der Waals surface area contributed by atoms with Crippen molar-refractivity contribution in [2.45, 2.75) is 74.8 Å². The molecule has 1 unspecified atom stereocenters. The molecule has 1 atom stereocenters. The molecule has 2 N–H and O–H groups in total. The lowest BCUT2D eigenvalue weighted by Gasteiger charge is -2.38. The lowest BCUT2D eigenvalue weighted by atomic mass is 9.72. The van der Waals surface area contributed by atoms with Crippen molar-refractivity contribution in [3.63, 3.8) is 0 Å². The zero-order valence-corrected chi connectivity index (χ0v) is 26.8. The van der Waals surface area contributed by atoms with Crippen molar-refractivity contribution in [2.24, 2.45) is 10.4 Å². The first-order valence-electron chi connectivity index (χ1n) is 13.9. The minimum absolute atomic E-state index is 0.0268. The average molecular weight is 541 g/mol. The molecule has 4 heteroatoms. The van der Waals surface area contributed by atoms with Crippen molar-refractivity contribution in [1.82, 2.24) is 15.5 Å². The Morgan fingerprint density at radius 1 is 1.12 bits per heavy atom. The summed E-state index contributed by atoms with van der Waals surface area (Å²) in [5.41, 5.74) is 10.9. The summed E-state index contributed by atoms with van der Waals surface area (Å²) in [6.45, 7) is 36.0. The van der Waals surface area contributed by atoms with Gasteiger partial charge in [-0.1, -0.05) is 68.9 Å². The summed E-state index contributed by atoms with van der Waals surface area (Å²) in [6.07, 6.45) is 15.5. The van der Waals surface area contributed by atoms with Gasteiger partial charge >= 0.3 is 0 Å². The van der Waals surface area contributed by atoms with Gasteiger partial charge < -0.3 is 15.5 Å². The van der Waals surface area contributed by atoms with Crippen LogP contribution in [0.1, 0.15) is 68.7 Å². The van der Waals surface area contributed by atoms with E-state index in [2.05, 4.69) is 99.8 Å². The average Bonchev–Trinajstić information content (AvgIpc) is 3.06. The van der Waals surface area contributed by atoms with E-state index in [0.717, 1.165) is 41.3 Å². The second-order valence-electron chi connectivity index (χ2n) is 11.6. The first kappa shape index (κ1) is 34.3. The third-order valence-corrected chi connectivity index (χ3v) is 7.32. The van der Waals surface area contributed by atoms with E-state index in [1.54, 1.807) is 0 Å². The zero-order chi connectivity index (χ0) is 30.8. The van der Waals surface area contributed by atoms with Crippen LogP contribution in [-0.2, 0) is 0 Å². The Morgan fingerprint density at radius 2 is 1.73 bits per heavy atom. The number of hydrogen-bond acceptors (Lipinski definition) is 4. The monoisotopic (exact) mass is 540 g/mol. The molecule has 0 bridgehead atoms. The third-order valence-electron chi connectivity index (χ3n) is 7.32. The van der Waals surface area contributed by atoms with Gasteiger partial charge in [-0.25, -0.2) is 4.99 Å². The van der Waals surface area contributed by atoms with Gasteiger partial charge in [-0.05, 0) is 83.3 Å². The van der Waals surface area contributed by atoms with Crippen molar-refractivity contribution in [1.29, 1.82) is 0 Å². The number of rotatable bonds is 11. The molecule has 2 aliphatic carbocycles. The molecule has 0 aromatic carbocycles. The molecule has 216 valence electrons. The molecule has 0 aliphatic heterocycles. The van der Waals surface area contributed by atoms with Crippen LogP contribution in [0.5, 0.6) is 0 Å². The highest BCUT2D eigenvalue weighted by atomic mass is 15.2. The molecule has 0 fully saturated rings. The summed E-state index contributed by atoms with van der Waals surface area (Å²) in [4.78, 5) is 6.92. The maximum Gasteiger partial charge on any atom is 0.140 e. The number of nitrogens with one attached hydrogen (secondary N) is 2. The van der Waals surface area contributed by atoms with E-state index in [-0.39, 0.29) is 11.5 Å². The number of hydrogen-bond donors (Lipinski definition) is 2. The maximum absolute atomic E-state index is 5.72. The van der Waals surface area contributed by atoms with E-state index < -0.39 is 0 Å². The van der Waals surface area contributed by atoms with Gasteiger partial charge in [0.1, 0.15) is 5.82 Å². The number of allylic oxidation sites excluding steroid dienone is 8. The van der Waals surface area contributed by atoms with Crippen molar-refractivity contribution >= 4 is 5.71 Å². The summed E-state index contributed by atoms with van der Waals surface area (Å²) >= 11 is 0.